The zero-order chi connectivity index (χ0) is 14.7. The van der Waals surface area contributed by atoms with Crippen molar-refractivity contribution in [1.82, 2.24) is 4.98 Å². The number of aryl methyl sites for hydroxylation is 1. The Kier molecular flexibility index (Phi) is 4.60. The molecule has 110 valence electrons. The lowest BCUT2D eigenvalue weighted by molar-refractivity contribution is 0.0296. The predicted molar refractivity (Wildman–Crippen MR) is 77.4 cm³/mol. The van der Waals surface area contributed by atoms with Gasteiger partial charge in [-0.25, -0.2) is 9.78 Å². The molecule has 5 nitrogen and oxygen atoms in total. The Morgan fingerprint density at radius 3 is 2.85 bits per heavy atom. The van der Waals surface area contributed by atoms with E-state index in [-0.39, 0.29) is 12.1 Å². The second kappa shape index (κ2) is 6.22. The second-order valence-electron chi connectivity index (χ2n) is 5.22. The molecule has 1 aromatic rings. The number of aromatic carboxylic acids is 1. The average Bonchev–Trinajstić information content (AvgIpc) is 2.46. The quantitative estimate of drug-likeness (QED) is 0.916. The van der Waals surface area contributed by atoms with Gasteiger partial charge in [0.15, 0.2) is 0 Å². The summed E-state index contributed by atoms with van der Waals surface area (Å²) in [5.74, 6) is -0.151. The van der Waals surface area contributed by atoms with Crippen LogP contribution < -0.4 is 4.90 Å². The normalized spacial score (nSPS) is 22.9. The first-order chi connectivity index (χ1) is 9.55. The van der Waals surface area contributed by atoms with Crippen molar-refractivity contribution in [2.24, 2.45) is 0 Å². The number of hydrogen-bond acceptors (Lipinski definition) is 4. The largest absolute Gasteiger partial charge is 0.478 e. The number of aromatic nitrogens is 1. The number of morpholine rings is 1. The van der Waals surface area contributed by atoms with Gasteiger partial charge in [-0.1, -0.05) is 13.8 Å². The number of nitrogens with zero attached hydrogens (tertiary/aromatic N) is 2. The van der Waals surface area contributed by atoms with Crippen molar-refractivity contribution in [2.45, 2.75) is 45.8 Å². The van der Waals surface area contributed by atoms with E-state index in [2.05, 4.69) is 16.8 Å². The van der Waals surface area contributed by atoms with E-state index in [4.69, 9.17) is 4.74 Å². The standard InChI is InChI=1S/C15H22N2O3/c1-4-12-6-11(15(18)19)7-14(16-12)17-8-10(3)20-9-13(17)5-2/h6-7,10,13H,4-5,8-9H2,1-3H3,(H,18,19). The number of ether oxygens (including phenoxy) is 1. The highest BCUT2D eigenvalue weighted by Gasteiger charge is 2.27. The van der Waals surface area contributed by atoms with Gasteiger partial charge in [0, 0.05) is 12.2 Å². The van der Waals surface area contributed by atoms with E-state index in [1.807, 2.05) is 13.8 Å². The highest BCUT2D eigenvalue weighted by atomic mass is 16.5. The summed E-state index contributed by atoms with van der Waals surface area (Å²) < 4.78 is 5.68. The van der Waals surface area contributed by atoms with Crippen LogP contribution in [0.15, 0.2) is 12.1 Å². The Morgan fingerprint density at radius 2 is 2.25 bits per heavy atom. The Hall–Kier alpha value is -1.62. The van der Waals surface area contributed by atoms with Crippen LogP contribution >= 0.6 is 0 Å². The molecule has 1 saturated heterocycles. The summed E-state index contributed by atoms with van der Waals surface area (Å²) >= 11 is 0. The van der Waals surface area contributed by atoms with E-state index in [9.17, 15) is 9.90 Å². The monoisotopic (exact) mass is 278 g/mol. The van der Waals surface area contributed by atoms with Gasteiger partial charge in [0.1, 0.15) is 5.82 Å². The fourth-order valence-corrected chi connectivity index (χ4v) is 2.49. The molecule has 0 aliphatic carbocycles. The summed E-state index contributed by atoms with van der Waals surface area (Å²) in [5, 5.41) is 9.23. The lowest BCUT2D eigenvalue weighted by Crippen LogP contribution is -2.49. The first-order valence-corrected chi connectivity index (χ1v) is 7.17. The number of pyridine rings is 1. The summed E-state index contributed by atoms with van der Waals surface area (Å²) in [7, 11) is 0. The number of hydrogen-bond donors (Lipinski definition) is 1. The van der Waals surface area contributed by atoms with Gasteiger partial charge in [0.25, 0.3) is 0 Å². The van der Waals surface area contributed by atoms with Gasteiger partial charge in [-0.3, -0.25) is 0 Å². The molecule has 2 unspecified atom stereocenters. The molecule has 20 heavy (non-hydrogen) atoms. The van der Waals surface area contributed by atoms with Gasteiger partial charge >= 0.3 is 5.97 Å². The van der Waals surface area contributed by atoms with Crippen LogP contribution in [0.5, 0.6) is 0 Å². The molecule has 0 spiro atoms. The Morgan fingerprint density at radius 1 is 1.50 bits per heavy atom. The molecule has 0 saturated carbocycles. The van der Waals surface area contributed by atoms with Crippen molar-refractivity contribution >= 4 is 11.8 Å². The van der Waals surface area contributed by atoms with Crippen LogP contribution in [0.4, 0.5) is 5.82 Å². The van der Waals surface area contributed by atoms with Gasteiger partial charge in [-0.2, -0.15) is 0 Å². The first-order valence-electron chi connectivity index (χ1n) is 7.17. The maximum atomic E-state index is 11.2. The summed E-state index contributed by atoms with van der Waals surface area (Å²) in [6, 6.07) is 3.58. The van der Waals surface area contributed by atoms with Gasteiger partial charge in [-0.15, -0.1) is 0 Å². The van der Waals surface area contributed by atoms with Crippen molar-refractivity contribution in [2.75, 3.05) is 18.1 Å². The van der Waals surface area contributed by atoms with Crippen molar-refractivity contribution in [3.63, 3.8) is 0 Å². The van der Waals surface area contributed by atoms with E-state index in [1.54, 1.807) is 12.1 Å². The van der Waals surface area contributed by atoms with Gasteiger partial charge in [0.2, 0.25) is 0 Å². The third kappa shape index (κ3) is 3.10. The van der Waals surface area contributed by atoms with Crippen molar-refractivity contribution in [1.29, 1.82) is 0 Å². The molecule has 1 aliphatic rings. The van der Waals surface area contributed by atoms with Crippen LogP contribution in [0, 0.1) is 0 Å². The molecule has 1 aromatic heterocycles. The van der Waals surface area contributed by atoms with E-state index < -0.39 is 5.97 Å². The van der Waals surface area contributed by atoms with Gasteiger partial charge in [-0.05, 0) is 31.9 Å². The molecule has 2 rings (SSSR count). The molecular formula is C15H22N2O3. The first kappa shape index (κ1) is 14.8. The van der Waals surface area contributed by atoms with E-state index in [1.165, 1.54) is 0 Å². The lowest BCUT2D eigenvalue weighted by Gasteiger charge is -2.39. The van der Waals surface area contributed by atoms with E-state index >= 15 is 0 Å². The molecular weight excluding hydrogens is 256 g/mol. The van der Waals surface area contributed by atoms with Crippen LogP contribution in [0.1, 0.15) is 43.2 Å². The molecule has 0 amide bonds. The minimum Gasteiger partial charge on any atom is -0.478 e. The molecule has 1 aliphatic heterocycles. The number of carbonyl (C=O) groups is 1. The van der Waals surface area contributed by atoms with Gasteiger partial charge < -0.3 is 14.7 Å². The van der Waals surface area contributed by atoms with Crippen molar-refractivity contribution in [3.8, 4) is 0 Å². The number of carboxylic acids is 1. The Balaban J connectivity index is 2.38. The molecule has 0 radical (unpaired) electrons. The van der Waals surface area contributed by atoms with E-state index in [0.717, 1.165) is 30.9 Å². The fraction of sp³-hybridized carbons (Fsp3) is 0.600. The minimum absolute atomic E-state index is 0.137. The highest BCUT2D eigenvalue weighted by Crippen LogP contribution is 2.23. The third-order valence-corrected chi connectivity index (χ3v) is 3.71. The third-order valence-electron chi connectivity index (χ3n) is 3.71. The van der Waals surface area contributed by atoms with Crippen LogP contribution in [-0.4, -0.2) is 41.4 Å². The maximum absolute atomic E-state index is 11.2. The Labute approximate surface area is 119 Å². The zero-order valence-electron chi connectivity index (χ0n) is 12.3. The SMILES string of the molecule is CCc1cc(C(=O)O)cc(N2CC(C)OCC2CC)n1. The summed E-state index contributed by atoms with van der Waals surface area (Å²) in [4.78, 5) is 18.0. The lowest BCUT2D eigenvalue weighted by atomic mass is 10.1. The summed E-state index contributed by atoms with van der Waals surface area (Å²) in [5.41, 5.74) is 1.12. The molecule has 1 fully saturated rings. The van der Waals surface area contributed by atoms with Crippen LogP contribution in [-0.2, 0) is 11.2 Å². The fourth-order valence-electron chi connectivity index (χ4n) is 2.49. The van der Waals surface area contributed by atoms with Crippen LogP contribution in [0.2, 0.25) is 0 Å². The predicted octanol–water partition coefficient (Wildman–Crippen LogP) is 2.35. The van der Waals surface area contributed by atoms with E-state index in [0.29, 0.717) is 12.2 Å². The van der Waals surface area contributed by atoms with Gasteiger partial charge in [0.05, 0.1) is 24.3 Å². The highest BCUT2D eigenvalue weighted by molar-refractivity contribution is 5.88. The number of anilines is 1. The molecule has 1 N–H and O–H groups in total. The smallest absolute Gasteiger partial charge is 0.335 e. The molecule has 2 atom stereocenters. The summed E-state index contributed by atoms with van der Waals surface area (Å²) in [6.07, 6.45) is 1.82. The average molecular weight is 278 g/mol. The summed E-state index contributed by atoms with van der Waals surface area (Å²) in [6.45, 7) is 7.53. The maximum Gasteiger partial charge on any atom is 0.335 e. The number of rotatable bonds is 4. The molecule has 0 aromatic carbocycles. The minimum atomic E-state index is -0.905. The Bertz CT molecular complexity index is 490. The van der Waals surface area contributed by atoms with Crippen molar-refractivity contribution in [3.05, 3.63) is 23.4 Å². The topological polar surface area (TPSA) is 62.7 Å². The van der Waals surface area contributed by atoms with Crippen LogP contribution in [0.3, 0.4) is 0 Å². The molecule has 5 heteroatoms. The number of carboxylic acid groups (broad SMARTS) is 1. The molecule has 2 heterocycles. The second-order valence-corrected chi connectivity index (χ2v) is 5.22. The molecule has 0 bridgehead atoms. The van der Waals surface area contributed by atoms with Crippen molar-refractivity contribution < 1.29 is 14.6 Å². The zero-order valence-corrected chi connectivity index (χ0v) is 12.3. The van der Waals surface area contributed by atoms with Crippen LogP contribution in [0.25, 0.3) is 0 Å².